The van der Waals surface area contributed by atoms with Gasteiger partial charge in [-0.25, -0.2) is 9.78 Å². The molecule has 2 aromatic rings. The first-order valence-corrected chi connectivity index (χ1v) is 10.3. The van der Waals surface area contributed by atoms with Gasteiger partial charge in [0, 0.05) is 26.3 Å². The minimum absolute atomic E-state index is 0.160. The van der Waals surface area contributed by atoms with E-state index in [2.05, 4.69) is 16.4 Å². The van der Waals surface area contributed by atoms with Gasteiger partial charge in [-0.1, -0.05) is 17.4 Å². The number of aliphatic hydroxyl groups is 1. The van der Waals surface area contributed by atoms with Crippen molar-refractivity contribution in [2.45, 2.75) is 37.7 Å². The number of rotatable bonds is 3. The van der Waals surface area contributed by atoms with Crippen LogP contribution < -0.4 is 10.1 Å². The Labute approximate surface area is 162 Å². The zero-order chi connectivity index (χ0) is 18.8. The Kier molecular flexibility index (Phi) is 5.47. The van der Waals surface area contributed by atoms with Crippen LogP contribution in [0.4, 0.5) is 9.93 Å². The van der Waals surface area contributed by atoms with Crippen LogP contribution in [0, 0.1) is 0 Å². The molecule has 2 saturated heterocycles. The molecule has 2 amide bonds. The number of thiazole rings is 1. The molecule has 27 heavy (non-hydrogen) atoms. The Bertz CT molecular complexity index is 811. The molecule has 4 rings (SSSR count). The van der Waals surface area contributed by atoms with Crippen molar-refractivity contribution in [1.82, 2.24) is 9.88 Å². The molecule has 1 aromatic carbocycles. The van der Waals surface area contributed by atoms with Crippen molar-refractivity contribution < 1.29 is 19.4 Å². The quantitative estimate of drug-likeness (QED) is 0.840. The van der Waals surface area contributed by atoms with Crippen LogP contribution in [-0.4, -0.2) is 60.5 Å². The van der Waals surface area contributed by atoms with Gasteiger partial charge in [0.1, 0.15) is 11.3 Å². The Hall–Kier alpha value is -1.90. The van der Waals surface area contributed by atoms with Crippen molar-refractivity contribution in [3.8, 4) is 5.75 Å². The summed E-state index contributed by atoms with van der Waals surface area (Å²) in [5.41, 5.74) is 2.06. The van der Waals surface area contributed by atoms with Crippen molar-refractivity contribution in [3.63, 3.8) is 0 Å². The second-order valence-corrected chi connectivity index (χ2v) is 8.09. The zero-order valence-corrected chi connectivity index (χ0v) is 16.3. The van der Waals surface area contributed by atoms with Crippen LogP contribution in [0.25, 0.3) is 10.2 Å². The van der Waals surface area contributed by atoms with Gasteiger partial charge in [-0.05, 0) is 43.2 Å². The van der Waals surface area contributed by atoms with E-state index in [1.54, 1.807) is 12.0 Å². The van der Waals surface area contributed by atoms with Crippen molar-refractivity contribution in [2.24, 2.45) is 0 Å². The number of fused-ring (bicyclic) bond motifs is 1. The normalized spacial score (nSPS) is 19.4. The first-order valence-electron chi connectivity index (χ1n) is 9.45. The number of likely N-dealkylation sites (tertiary alicyclic amines) is 1. The molecule has 0 unspecified atom stereocenters. The molecule has 8 heteroatoms. The smallest absolute Gasteiger partial charge is 0.323 e. The van der Waals surface area contributed by atoms with Gasteiger partial charge >= 0.3 is 6.03 Å². The number of nitrogens with one attached hydrogen (secondary N) is 1. The van der Waals surface area contributed by atoms with E-state index in [4.69, 9.17) is 9.47 Å². The fourth-order valence-electron chi connectivity index (χ4n) is 3.79. The van der Waals surface area contributed by atoms with Crippen LogP contribution >= 0.6 is 11.3 Å². The molecular formula is C19H25N3O4S. The molecule has 0 saturated carbocycles. The molecule has 0 bridgehead atoms. The number of piperidine rings is 1. The number of aliphatic hydroxyl groups excluding tert-OH is 1. The minimum Gasteiger partial charge on any atom is -0.494 e. The summed E-state index contributed by atoms with van der Waals surface area (Å²) in [5.74, 6) is 1.17. The number of carbonyl (C=O) groups excluding carboxylic acids is 1. The molecule has 7 nitrogen and oxygen atoms in total. The molecule has 1 aromatic heterocycles. The Morgan fingerprint density at radius 3 is 2.74 bits per heavy atom. The number of ether oxygens (including phenoxy) is 2. The molecule has 0 spiro atoms. The third-order valence-electron chi connectivity index (χ3n) is 5.38. The predicted molar refractivity (Wildman–Crippen MR) is 105 cm³/mol. The van der Waals surface area contributed by atoms with E-state index in [1.165, 1.54) is 16.9 Å². The molecule has 3 heterocycles. The second-order valence-electron chi connectivity index (χ2n) is 7.09. The highest BCUT2D eigenvalue weighted by Crippen LogP contribution is 2.40. The molecule has 2 aliphatic rings. The summed E-state index contributed by atoms with van der Waals surface area (Å²) in [7, 11) is 1.64. The van der Waals surface area contributed by atoms with Gasteiger partial charge in [0.2, 0.25) is 0 Å². The van der Waals surface area contributed by atoms with Crippen LogP contribution in [0.1, 0.15) is 37.2 Å². The largest absolute Gasteiger partial charge is 0.494 e. The summed E-state index contributed by atoms with van der Waals surface area (Å²) in [4.78, 5) is 18.9. The Morgan fingerprint density at radius 2 is 2.04 bits per heavy atom. The summed E-state index contributed by atoms with van der Waals surface area (Å²) in [6, 6.07) is 3.92. The van der Waals surface area contributed by atoms with Crippen molar-refractivity contribution in [3.05, 3.63) is 17.7 Å². The van der Waals surface area contributed by atoms with E-state index in [1.807, 2.05) is 6.07 Å². The maximum atomic E-state index is 12.5. The summed E-state index contributed by atoms with van der Waals surface area (Å²) in [6.45, 7) is 2.69. The number of hydrogen-bond acceptors (Lipinski definition) is 6. The Morgan fingerprint density at radius 1 is 1.30 bits per heavy atom. The van der Waals surface area contributed by atoms with Gasteiger partial charge in [-0.3, -0.25) is 5.32 Å². The van der Waals surface area contributed by atoms with Crippen LogP contribution in [0.2, 0.25) is 0 Å². The number of urea groups is 1. The Balaban J connectivity index is 1.59. The summed E-state index contributed by atoms with van der Waals surface area (Å²) in [5, 5.41) is 13.1. The average Bonchev–Trinajstić information content (AvgIpc) is 3.11. The van der Waals surface area contributed by atoms with Gasteiger partial charge in [0.25, 0.3) is 0 Å². The predicted octanol–water partition coefficient (Wildman–Crippen LogP) is 3.19. The molecule has 2 aliphatic heterocycles. The monoisotopic (exact) mass is 391 g/mol. The fourth-order valence-corrected chi connectivity index (χ4v) is 4.85. The minimum atomic E-state index is -0.303. The third kappa shape index (κ3) is 3.88. The van der Waals surface area contributed by atoms with Gasteiger partial charge in [-0.15, -0.1) is 0 Å². The molecule has 146 valence electrons. The van der Waals surface area contributed by atoms with Crippen molar-refractivity contribution in [2.75, 3.05) is 38.7 Å². The fraction of sp³-hybridized carbons (Fsp3) is 0.579. The lowest BCUT2D eigenvalue weighted by Gasteiger charge is -2.29. The van der Waals surface area contributed by atoms with Gasteiger partial charge in [0.05, 0.1) is 17.9 Å². The highest BCUT2D eigenvalue weighted by atomic mass is 32.1. The van der Waals surface area contributed by atoms with Crippen LogP contribution in [0.3, 0.4) is 0 Å². The molecular weight excluding hydrogens is 366 g/mol. The average molecular weight is 391 g/mol. The van der Waals surface area contributed by atoms with Crippen LogP contribution in [0.15, 0.2) is 12.1 Å². The first kappa shape index (κ1) is 18.5. The number of amides is 2. The van der Waals surface area contributed by atoms with Crippen LogP contribution in [-0.2, 0) is 4.74 Å². The summed E-state index contributed by atoms with van der Waals surface area (Å²) < 4.78 is 12.1. The maximum absolute atomic E-state index is 12.5. The van der Waals surface area contributed by atoms with E-state index in [9.17, 15) is 9.90 Å². The lowest BCUT2D eigenvalue weighted by Crippen LogP contribution is -2.42. The van der Waals surface area contributed by atoms with Crippen LogP contribution in [0.5, 0.6) is 5.75 Å². The van der Waals surface area contributed by atoms with E-state index in [0.29, 0.717) is 37.0 Å². The van der Waals surface area contributed by atoms with Gasteiger partial charge < -0.3 is 19.5 Å². The number of carbonyl (C=O) groups is 1. The highest BCUT2D eigenvalue weighted by Gasteiger charge is 2.24. The van der Waals surface area contributed by atoms with E-state index in [-0.39, 0.29) is 12.1 Å². The highest BCUT2D eigenvalue weighted by molar-refractivity contribution is 7.22. The zero-order valence-electron chi connectivity index (χ0n) is 15.4. The molecule has 0 atom stereocenters. The number of hydrogen-bond donors (Lipinski definition) is 2. The number of anilines is 1. The lowest BCUT2D eigenvalue weighted by atomic mass is 9.91. The number of aromatic nitrogens is 1. The molecule has 0 radical (unpaired) electrons. The first-order chi connectivity index (χ1) is 13.2. The molecule has 2 N–H and O–H groups in total. The second kappa shape index (κ2) is 8.00. The number of nitrogens with zero attached hydrogens (tertiary/aromatic N) is 2. The van der Waals surface area contributed by atoms with Crippen molar-refractivity contribution in [1.29, 1.82) is 0 Å². The van der Waals surface area contributed by atoms with Crippen molar-refractivity contribution >= 4 is 32.7 Å². The maximum Gasteiger partial charge on any atom is 0.323 e. The standard InChI is InChI=1S/C19H25N3O4S/c1-25-15-3-2-14(12-6-10-26-11-7-12)17-16(15)20-18(27-17)21-19(24)22-8-4-13(23)5-9-22/h2-3,12-13,23H,4-11H2,1H3,(H,20,21,24). The molecule has 0 aliphatic carbocycles. The van der Waals surface area contributed by atoms with Gasteiger partial charge in [-0.2, -0.15) is 0 Å². The summed E-state index contributed by atoms with van der Waals surface area (Å²) >= 11 is 1.50. The van der Waals surface area contributed by atoms with E-state index < -0.39 is 0 Å². The number of benzene rings is 1. The lowest BCUT2D eigenvalue weighted by molar-refractivity contribution is 0.0856. The number of methoxy groups -OCH3 is 1. The molecule has 2 fully saturated rings. The third-order valence-corrected chi connectivity index (χ3v) is 6.40. The topological polar surface area (TPSA) is 83.9 Å². The SMILES string of the molecule is COc1ccc(C2CCOCC2)c2sc(NC(=O)N3CCC(O)CC3)nc12. The van der Waals surface area contributed by atoms with Gasteiger partial charge in [0.15, 0.2) is 5.13 Å². The van der Waals surface area contributed by atoms with E-state index >= 15 is 0 Å². The summed E-state index contributed by atoms with van der Waals surface area (Å²) in [6.07, 6.45) is 2.93. The van der Waals surface area contributed by atoms with E-state index in [0.717, 1.165) is 42.0 Å².